The van der Waals surface area contributed by atoms with E-state index >= 15 is 0 Å². The molecule has 5 rings (SSSR count). The molecule has 2 aliphatic rings. The molecule has 0 saturated carbocycles. The standard InChI is InChI=1S/C27H24N4O2S/c1-3-30(20-13-9-10-18(2)16-20)23(32)17-34-27-28-22-15-8-7-14-21(22)25-29-24(26(33)31(25)27)19-11-5-4-6-12-19/h4-16,24H,3,17H2,1-2H3. The zero-order valence-corrected chi connectivity index (χ0v) is 19.8. The Morgan fingerprint density at radius 1 is 1.03 bits per heavy atom. The van der Waals surface area contributed by atoms with Crippen molar-refractivity contribution in [3.05, 3.63) is 95.6 Å². The highest BCUT2D eigenvalue weighted by Crippen LogP contribution is 2.37. The van der Waals surface area contributed by atoms with Crippen LogP contribution in [-0.4, -0.2) is 40.0 Å². The number of carbonyl (C=O) groups is 2. The summed E-state index contributed by atoms with van der Waals surface area (Å²) >= 11 is 1.27. The second-order valence-corrected chi connectivity index (χ2v) is 9.06. The van der Waals surface area contributed by atoms with E-state index in [2.05, 4.69) is 0 Å². The van der Waals surface area contributed by atoms with Gasteiger partial charge in [-0.1, -0.05) is 66.4 Å². The number of aliphatic imine (C=N–C) groups is 2. The van der Waals surface area contributed by atoms with Crippen LogP contribution in [0.1, 0.15) is 29.7 Å². The van der Waals surface area contributed by atoms with Crippen molar-refractivity contribution in [1.82, 2.24) is 4.90 Å². The van der Waals surface area contributed by atoms with E-state index in [0.29, 0.717) is 17.5 Å². The van der Waals surface area contributed by atoms with Crippen molar-refractivity contribution in [3.63, 3.8) is 0 Å². The second kappa shape index (κ2) is 9.27. The fourth-order valence-electron chi connectivity index (χ4n) is 4.20. The molecule has 3 aromatic rings. The first-order valence-corrected chi connectivity index (χ1v) is 12.2. The number of amides is 2. The van der Waals surface area contributed by atoms with Gasteiger partial charge in [-0.2, -0.15) is 0 Å². The number of hydrogen-bond donors (Lipinski definition) is 0. The number of fused-ring (bicyclic) bond motifs is 3. The predicted molar refractivity (Wildman–Crippen MR) is 138 cm³/mol. The van der Waals surface area contributed by atoms with Crippen molar-refractivity contribution in [3.8, 4) is 0 Å². The van der Waals surface area contributed by atoms with Gasteiger partial charge in [0.15, 0.2) is 11.2 Å². The fourth-order valence-corrected chi connectivity index (χ4v) is 5.08. The lowest BCUT2D eigenvalue weighted by Gasteiger charge is -2.26. The van der Waals surface area contributed by atoms with Gasteiger partial charge >= 0.3 is 0 Å². The van der Waals surface area contributed by atoms with Gasteiger partial charge in [-0.15, -0.1) is 0 Å². The monoisotopic (exact) mass is 468 g/mol. The maximum atomic E-state index is 13.5. The number of thioether (sulfide) groups is 1. The van der Waals surface area contributed by atoms with Gasteiger partial charge in [0.25, 0.3) is 5.91 Å². The highest BCUT2D eigenvalue weighted by atomic mass is 32.2. The molecule has 0 bridgehead atoms. The van der Waals surface area contributed by atoms with E-state index in [1.54, 1.807) is 9.80 Å². The van der Waals surface area contributed by atoms with Gasteiger partial charge in [0.05, 0.1) is 11.4 Å². The van der Waals surface area contributed by atoms with Crippen molar-refractivity contribution in [2.75, 3.05) is 17.2 Å². The van der Waals surface area contributed by atoms with Crippen molar-refractivity contribution in [2.45, 2.75) is 19.9 Å². The molecule has 2 amide bonds. The van der Waals surface area contributed by atoms with E-state index < -0.39 is 6.04 Å². The number of amidine groups is 2. The summed E-state index contributed by atoms with van der Waals surface area (Å²) in [6.07, 6.45) is 0. The molecule has 2 aliphatic heterocycles. The number of anilines is 1. The first kappa shape index (κ1) is 22.1. The van der Waals surface area contributed by atoms with E-state index in [9.17, 15) is 9.59 Å². The van der Waals surface area contributed by atoms with Crippen LogP contribution >= 0.6 is 11.8 Å². The van der Waals surface area contributed by atoms with Crippen LogP contribution in [0.25, 0.3) is 0 Å². The highest BCUT2D eigenvalue weighted by Gasteiger charge is 2.42. The van der Waals surface area contributed by atoms with Gasteiger partial charge in [0.2, 0.25) is 5.91 Å². The minimum absolute atomic E-state index is 0.0376. The van der Waals surface area contributed by atoms with E-state index in [4.69, 9.17) is 9.98 Å². The van der Waals surface area contributed by atoms with E-state index in [1.165, 1.54) is 11.8 Å². The fraction of sp³-hybridized carbons (Fsp3) is 0.185. The number of aryl methyl sites for hydroxylation is 1. The van der Waals surface area contributed by atoms with Crippen LogP contribution in [-0.2, 0) is 9.59 Å². The SMILES string of the molecule is CCN(C(=O)CSC1=Nc2ccccc2C2=NC(c3ccccc3)C(=O)N12)c1cccc(C)c1. The molecule has 6 nitrogen and oxygen atoms in total. The Balaban J connectivity index is 1.43. The van der Waals surface area contributed by atoms with Gasteiger partial charge < -0.3 is 4.90 Å². The van der Waals surface area contributed by atoms with E-state index in [0.717, 1.165) is 28.1 Å². The molecule has 3 aromatic carbocycles. The molecule has 0 radical (unpaired) electrons. The van der Waals surface area contributed by atoms with Gasteiger partial charge in [0, 0.05) is 17.8 Å². The number of rotatable bonds is 5. The quantitative estimate of drug-likeness (QED) is 0.523. The Morgan fingerprint density at radius 2 is 1.79 bits per heavy atom. The number of hydrogen-bond acceptors (Lipinski definition) is 5. The third kappa shape index (κ3) is 4.03. The Labute approximate surface area is 203 Å². The Bertz CT molecular complexity index is 1320. The van der Waals surface area contributed by atoms with Crippen LogP contribution in [0.15, 0.2) is 88.8 Å². The molecule has 0 spiro atoms. The third-order valence-electron chi connectivity index (χ3n) is 5.84. The topological polar surface area (TPSA) is 65.3 Å². The molecule has 2 heterocycles. The molecule has 0 saturated heterocycles. The zero-order chi connectivity index (χ0) is 23.7. The van der Waals surface area contributed by atoms with Crippen molar-refractivity contribution in [1.29, 1.82) is 0 Å². The van der Waals surface area contributed by atoms with Gasteiger partial charge in [0.1, 0.15) is 5.84 Å². The maximum Gasteiger partial charge on any atom is 0.263 e. The summed E-state index contributed by atoms with van der Waals surface area (Å²) < 4.78 is 0. The van der Waals surface area contributed by atoms with Crippen molar-refractivity contribution in [2.24, 2.45) is 9.98 Å². The summed E-state index contributed by atoms with van der Waals surface area (Å²) in [6.45, 7) is 4.52. The molecule has 170 valence electrons. The summed E-state index contributed by atoms with van der Waals surface area (Å²) in [5, 5.41) is 0.481. The van der Waals surface area contributed by atoms with Crippen LogP contribution in [0.2, 0.25) is 0 Å². The second-order valence-electron chi connectivity index (χ2n) is 8.12. The van der Waals surface area contributed by atoms with Gasteiger partial charge in [-0.3, -0.25) is 9.59 Å². The number of nitrogens with zero attached hydrogens (tertiary/aromatic N) is 4. The lowest BCUT2D eigenvalue weighted by atomic mass is 10.1. The van der Waals surface area contributed by atoms with Crippen LogP contribution in [0.5, 0.6) is 0 Å². The normalized spacial score (nSPS) is 16.5. The molecule has 1 unspecified atom stereocenters. The number of carbonyl (C=O) groups excluding carboxylic acids is 2. The van der Waals surface area contributed by atoms with Crippen molar-refractivity contribution >= 4 is 46.0 Å². The van der Waals surface area contributed by atoms with Gasteiger partial charge in [-0.25, -0.2) is 14.9 Å². The van der Waals surface area contributed by atoms with Crippen LogP contribution in [0, 0.1) is 6.92 Å². The van der Waals surface area contributed by atoms with Crippen LogP contribution < -0.4 is 4.90 Å². The molecule has 0 aromatic heterocycles. The lowest BCUT2D eigenvalue weighted by molar-refractivity contribution is -0.124. The summed E-state index contributed by atoms with van der Waals surface area (Å²) in [4.78, 5) is 39.5. The Morgan fingerprint density at radius 3 is 2.56 bits per heavy atom. The summed E-state index contributed by atoms with van der Waals surface area (Å²) in [5.41, 5.74) is 4.37. The first-order valence-electron chi connectivity index (χ1n) is 11.2. The van der Waals surface area contributed by atoms with E-state index in [-0.39, 0.29) is 17.6 Å². The molecular weight excluding hydrogens is 444 g/mol. The zero-order valence-electron chi connectivity index (χ0n) is 19.0. The average molecular weight is 469 g/mol. The molecule has 7 heteroatoms. The number of para-hydroxylation sites is 1. The summed E-state index contributed by atoms with van der Waals surface area (Å²) in [7, 11) is 0. The van der Waals surface area contributed by atoms with Gasteiger partial charge in [-0.05, 0) is 49.2 Å². The summed E-state index contributed by atoms with van der Waals surface area (Å²) in [5.74, 6) is 0.561. The van der Waals surface area contributed by atoms with Crippen LogP contribution in [0.3, 0.4) is 0 Å². The maximum absolute atomic E-state index is 13.5. The van der Waals surface area contributed by atoms with Crippen molar-refractivity contribution < 1.29 is 9.59 Å². The highest BCUT2D eigenvalue weighted by molar-refractivity contribution is 8.14. The van der Waals surface area contributed by atoms with E-state index in [1.807, 2.05) is 92.7 Å². The molecule has 34 heavy (non-hydrogen) atoms. The molecule has 1 atom stereocenters. The van der Waals surface area contributed by atoms with Crippen LogP contribution in [0.4, 0.5) is 11.4 Å². The minimum atomic E-state index is -0.622. The Kier molecular flexibility index (Phi) is 6.02. The largest absolute Gasteiger partial charge is 0.312 e. The Hall–Kier alpha value is -3.71. The number of benzene rings is 3. The first-order chi connectivity index (χ1) is 16.6. The molecule has 0 N–H and O–H groups in total. The molecular formula is C27H24N4O2S. The smallest absolute Gasteiger partial charge is 0.263 e. The molecule has 0 fully saturated rings. The minimum Gasteiger partial charge on any atom is -0.312 e. The third-order valence-corrected chi connectivity index (χ3v) is 6.76. The summed E-state index contributed by atoms with van der Waals surface area (Å²) in [6, 6.07) is 24.5. The average Bonchev–Trinajstić information content (AvgIpc) is 3.21. The molecule has 0 aliphatic carbocycles. The predicted octanol–water partition coefficient (Wildman–Crippen LogP) is 5.11. The lowest BCUT2D eigenvalue weighted by Crippen LogP contribution is -2.41.